The van der Waals surface area contributed by atoms with Gasteiger partial charge in [0.25, 0.3) is 0 Å². The SMILES string of the molecule is CS(=O)(=O)[O-].CS(=O)(=O)[O-].CS(=O)(=O)[O-].CS(=O)(=O)[O-].[W]. The first-order valence-corrected chi connectivity index (χ1v) is 10.9. The van der Waals surface area contributed by atoms with Gasteiger partial charge in [0.1, 0.15) is 0 Å². The van der Waals surface area contributed by atoms with Crippen LogP contribution in [-0.2, 0) is 61.5 Å². The summed E-state index contributed by atoms with van der Waals surface area (Å²) in [5, 5.41) is 0. The molecule has 0 aromatic heterocycles. The molecule has 0 aliphatic heterocycles. The van der Waals surface area contributed by atoms with Gasteiger partial charge in [0.2, 0.25) is 0 Å². The maximum absolute atomic E-state index is 9.08. The summed E-state index contributed by atoms with van der Waals surface area (Å²) < 4.78 is 109. The summed E-state index contributed by atoms with van der Waals surface area (Å²) in [6.07, 6.45) is 2.42. The minimum Gasteiger partial charge on any atom is -0.748 e. The quantitative estimate of drug-likeness (QED) is 0.263. The molecule has 0 heterocycles. The Morgan fingerprint density at radius 1 is 0.429 bits per heavy atom. The van der Waals surface area contributed by atoms with Gasteiger partial charge >= 0.3 is 0 Å². The van der Waals surface area contributed by atoms with Gasteiger partial charge in [-0.05, 0) is 0 Å². The largest absolute Gasteiger partial charge is 0.748 e. The molecule has 0 amide bonds. The molecular formula is C4H12O12S4W-4. The first-order chi connectivity index (χ1) is 8.00. The Hall–Kier alpha value is 0.328. The fraction of sp³-hybridized carbons (Fsp3) is 1.00. The fourth-order valence-corrected chi connectivity index (χ4v) is 0. The van der Waals surface area contributed by atoms with Crippen molar-refractivity contribution in [2.75, 3.05) is 25.0 Å². The Balaban J connectivity index is -0.0000000533. The summed E-state index contributed by atoms with van der Waals surface area (Å²) in [5.74, 6) is 0. The zero-order valence-corrected chi connectivity index (χ0v) is 17.1. The zero-order chi connectivity index (χ0) is 18.0. The van der Waals surface area contributed by atoms with E-state index in [0.29, 0.717) is 25.0 Å². The molecule has 21 heavy (non-hydrogen) atoms. The van der Waals surface area contributed by atoms with Crippen molar-refractivity contribution in [2.24, 2.45) is 0 Å². The van der Waals surface area contributed by atoms with Crippen LogP contribution in [-0.4, -0.2) is 76.9 Å². The first kappa shape index (κ1) is 33.1. The van der Waals surface area contributed by atoms with Crippen LogP contribution in [0.25, 0.3) is 0 Å². The van der Waals surface area contributed by atoms with Crippen LogP contribution in [0.4, 0.5) is 0 Å². The van der Waals surface area contributed by atoms with E-state index in [1.165, 1.54) is 0 Å². The van der Waals surface area contributed by atoms with Gasteiger partial charge in [-0.1, -0.05) is 0 Å². The summed E-state index contributed by atoms with van der Waals surface area (Å²) in [7, 11) is -15.7. The molecule has 0 radical (unpaired) electrons. The molecule has 0 spiro atoms. The Labute approximate surface area is 138 Å². The van der Waals surface area contributed by atoms with Crippen LogP contribution in [0.2, 0.25) is 0 Å². The maximum Gasteiger partial charge on any atom is 0.0916 e. The molecule has 0 fully saturated rings. The molecule has 134 valence electrons. The monoisotopic (exact) mass is 564 g/mol. The number of rotatable bonds is 0. The second-order valence-electron chi connectivity index (χ2n) is 2.82. The molecule has 17 heteroatoms. The molecule has 0 saturated carbocycles. The van der Waals surface area contributed by atoms with Crippen LogP contribution in [0.5, 0.6) is 0 Å². The fourth-order valence-electron chi connectivity index (χ4n) is 0. The van der Waals surface area contributed by atoms with Gasteiger partial charge in [0.15, 0.2) is 0 Å². The third-order valence-corrected chi connectivity index (χ3v) is 0. The van der Waals surface area contributed by atoms with Gasteiger partial charge in [0, 0.05) is 46.1 Å². The van der Waals surface area contributed by atoms with Gasteiger partial charge in [-0.15, -0.1) is 0 Å². The normalized spacial score (nSPS) is 11.0. The van der Waals surface area contributed by atoms with Gasteiger partial charge in [-0.2, -0.15) is 0 Å². The first-order valence-electron chi connectivity index (χ1n) is 3.63. The van der Waals surface area contributed by atoms with Crippen molar-refractivity contribution in [3.8, 4) is 0 Å². The van der Waals surface area contributed by atoms with Crippen molar-refractivity contribution in [1.82, 2.24) is 0 Å². The molecule has 0 aromatic rings. The standard InChI is InChI=1S/4CH4O3S.W/c4*1-5(2,3)4;/h4*1H3,(H,2,3,4);/p-4. The van der Waals surface area contributed by atoms with E-state index in [9.17, 15) is 0 Å². The van der Waals surface area contributed by atoms with Gasteiger partial charge < -0.3 is 18.2 Å². The number of hydrogen-bond acceptors (Lipinski definition) is 12. The van der Waals surface area contributed by atoms with Crippen molar-refractivity contribution < 1.29 is 72.9 Å². The molecule has 0 aromatic carbocycles. The van der Waals surface area contributed by atoms with Crippen molar-refractivity contribution in [3.63, 3.8) is 0 Å². The maximum atomic E-state index is 9.08. The molecule has 0 bridgehead atoms. The average molecular weight is 564 g/mol. The molecule has 0 unspecified atom stereocenters. The van der Waals surface area contributed by atoms with E-state index in [2.05, 4.69) is 0 Å². The zero-order valence-electron chi connectivity index (χ0n) is 10.9. The molecule has 0 saturated heterocycles. The van der Waals surface area contributed by atoms with E-state index in [1.807, 2.05) is 0 Å². The third-order valence-electron chi connectivity index (χ3n) is 0. The Morgan fingerprint density at radius 3 is 0.429 bits per heavy atom. The van der Waals surface area contributed by atoms with E-state index >= 15 is 0 Å². The third kappa shape index (κ3) is 63400. The molecule has 0 aliphatic rings. The van der Waals surface area contributed by atoms with Crippen LogP contribution < -0.4 is 0 Å². The predicted molar refractivity (Wildman–Crippen MR) is 62.5 cm³/mol. The van der Waals surface area contributed by atoms with Crippen LogP contribution >= 0.6 is 0 Å². The summed E-state index contributed by atoms with van der Waals surface area (Å²) in [4.78, 5) is 0. The Morgan fingerprint density at radius 2 is 0.429 bits per heavy atom. The topological polar surface area (TPSA) is 229 Å². The van der Waals surface area contributed by atoms with Crippen molar-refractivity contribution >= 4 is 40.5 Å². The minimum atomic E-state index is -3.92. The second kappa shape index (κ2) is 12.8. The van der Waals surface area contributed by atoms with E-state index < -0.39 is 40.5 Å². The summed E-state index contributed by atoms with van der Waals surface area (Å²) >= 11 is 0. The van der Waals surface area contributed by atoms with Gasteiger partial charge in [-0.25, -0.2) is 33.7 Å². The summed E-state index contributed by atoms with van der Waals surface area (Å²) in [5.41, 5.74) is 0. The van der Waals surface area contributed by atoms with Crippen molar-refractivity contribution in [3.05, 3.63) is 0 Å². The summed E-state index contributed by atoms with van der Waals surface area (Å²) in [6.45, 7) is 0. The van der Waals surface area contributed by atoms with E-state index in [-0.39, 0.29) is 21.1 Å². The van der Waals surface area contributed by atoms with Crippen molar-refractivity contribution in [2.45, 2.75) is 0 Å². The van der Waals surface area contributed by atoms with Crippen LogP contribution in [0.15, 0.2) is 0 Å². The molecular weight excluding hydrogens is 552 g/mol. The summed E-state index contributed by atoms with van der Waals surface area (Å²) in [6, 6.07) is 0. The molecule has 0 rings (SSSR count). The van der Waals surface area contributed by atoms with Gasteiger partial charge in [0.05, 0.1) is 40.5 Å². The van der Waals surface area contributed by atoms with E-state index in [1.54, 1.807) is 0 Å². The van der Waals surface area contributed by atoms with Gasteiger partial charge in [-0.3, -0.25) is 0 Å². The smallest absolute Gasteiger partial charge is 0.0916 e. The Bertz CT molecular complexity index is 486. The van der Waals surface area contributed by atoms with Crippen LogP contribution in [0.3, 0.4) is 0 Å². The number of hydrogen-bond donors (Lipinski definition) is 0. The predicted octanol–water partition coefficient (Wildman–Crippen LogP) is -3.36. The Kier molecular flexibility index (Phi) is 20.2. The van der Waals surface area contributed by atoms with Crippen LogP contribution in [0, 0.1) is 0 Å². The van der Waals surface area contributed by atoms with Crippen molar-refractivity contribution in [1.29, 1.82) is 0 Å². The molecule has 12 nitrogen and oxygen atoms in total. The van der Waals surface area contributed by atoms with E-state index in [0.717, 1.165) is 0 Å². The molecule has 0 N–H and O–H groups in total. The average Bonchev–Trinajstić information content (AvgIpc) is 1.62. The second-order valence-corrected chi connectivity index (χ2v) is 8.45. The molecule has 0 atom stereocenters. The minimum absolute atomic E-state index is 0. The van der Waals surface area contributed by atoms with E-state index in [4.69, 9.17) is 51.9 Å². The van der Waals surface area contributed by atoms with Crippen LogP contribution in [0.1, 0.15) is 0 Å². The molecule has 0 aliphatic carbocycles.